The van der Waals surface area contributed by atoms with Gasteiger partial charge in [-0.15, -0.1) is 0 Å². The third-order valence-corrected chi connectivity index (χ3v) is 3.68. The molecule has 0 aromatic carbocycles. The van der Waals surface area contributed by atoms with E-state index in [1.807, 2.05) is 6.07 Å². The molecule has 3 rings (SSSR count). The number of morpholine rings is 1. The quantitative estimate of drug-likeness (QED) is 0.827. The molecule has 1 aromatic heterocycles. The molecular weight excluding hydrogens is 242 g/mol. The van der Waals surface area contributed by atoms with Crippen molar-refractivity contribution >= 4 is 11.6 Å². The average molecular weight is 263 g/mol. The summed E-state index contributed by atoms with van der Waals surface area (Å²) in [6.45, 7) is 5.54. The van der Waals surface area contributed by atoms with E-state index in [9.17, 15) is 0 Å². The molecule has 0 radical (unpaired) electrons. The lowest BCUT2D eigenvalue weighted by Gasteiger charge is -2.28. The molecule has 2 fully saturated rings. The van der Waals surface area contributed by atoms with Crippen LogP contribution in [0.1, 0.15) is 12.8 Å². The fourth-order valence-corrected chi connectivity index (χ4v) is 2.57. The lowest BCUT2D eigenvalue weighted by atomic mass is 10.1. The fraction of sp³-hybridized carbons (Fsp3) is 0.692. The van der Waals surface area contributed by atoms with Crippen molar-refractivity contribution in [3.05, 3.63) is 12.4 Å². The molecule has 2 saturated heterocycles. The maximum atomic E-state index is 5.37. The van der Waals surface area contributed by atoms with E-state index >= 15 is 0 Å². The van der Waals surface area contributed by atoms with Crippen LogP contribution < -0.4 is 15.5 Å². The normalized spacial score (nSPS) is 21.4. The second-order valence-corrected chi connectivity index (χ2v) is 5.03. The highest BCUT2D eigenvalue weighted by Crippen LogP contribution is 2.17. The first kappa shape index (κ1) is 12.6. The fourth-order valence-electron chi connectivity index (χ4n) is 2.57. The van der Waals surface area contributed by atoms with Crippen molar-refractivity contribution in [3.63, 3.8) is 0 Å². The van der Waals surface area contributed by atoms with Gasteiger partial charge in [-0.2, -0.15) is 0 Å². The molecule has 6 heteroatoms. The van der Waals surface area contributed by atoms with E-state index in [4.69, 9.17) is 4.74 Å². The number of nitrogens with zero attached hydrogens (tertiary/aromatic N) is 3. The molecule has 6 nitrogen and oxygen atoms in total. The van der Waals surface area contributed by atoms with E-state index in [2.05, 4.69) is 25.5 Å². The number of piperidine rings is 1. The Kier molecular flexibility index (Phi) is 4.10. The highest BCUT2D eigenvalue weighted by molar-refractivity contribution is 5.49. The topological polar surface area (TPSA) is 62.3 Å². The van der Waals surface area contributed by atoms with Crippen LogP contribution in [0.3, 0.4) is 0 Å². The SMILES string of the molecule is c1nc(NC2CCNCC2)cc(N2CCOCC2)n1. The van der Waals surface area contributed by atoms with Gasteiger partial charge in [0.1, 0.15) is 18.0 Å². The zero-order valence-electron chi connectivity index (χ0n) is 11.1. The highest BCUT2D eigenvalue weighted by atomic mass is 16.5. The molecule has 0 saturated carbocycles. The number of hydrogen-bond acceptors (Lipinski definition) is 6. The summed E-state index contributed by atoms with van der Waals surface area (Å²) < 4.78 is 5.37. The minimum absolute atomic E-state index is 0.522. The molecule has 3 heterocycles. The van der Waals surface area contributed by atoms with E-state index in [1.165, 1.54) is 0 Å². The van der Waals surface area contributed by atoms with E-state index in [0.29, 0.717) is 6.04 Å². The van der Waals surface area contributed by atoms with Crippen molar-refractivity contribution in [2.75, 3.05) is 49.6 Å². The van der Waals surface area contributed by atoms with E-state index in [-0.39, 0.29) is 0 Å². The summed E-state index contributed by atoms with van der Waals surface area (Å²) in [5, 5.41) is 6.88. The molecule has 2 aliphatic rings. The number of hydrogen-bond donors (Lipinski definition) is 2. The Morgan fingerprint density at radius 1 is 1.21 bits per heavy atom. The van der Waals surface area contributed by atoms with Gasteiger partial charge in [-0.05, 0) is 25.9 Å². The van der Waals surface area contributed by atoms with Crippen LogP contribution in [0.25, 0.3) is 0 Å². The largest absolute Gasteiger partial charge is 0.378 e. The first-order chi connectivity index (χ1) is 9.42. The Bertz CT molecular complexity index is 402. The minimum atomic E-state index is 0.522. The Morgan fingerprint density at radius 3 is 2.79 bits per heavy atom. The third kappa shape index (κ3) is 3.33. The van der Waals surface area contributed by atoms with Crippen LogP contribution in [0.15, 0.2) is 12.4 Å². The molecule has 1 aromatic rings. The molecule has 0 atom stereocenters. The maximum Gasteiger partial charge on any atom is 0.134 e. The molecule has 2 aliphatic heterocycles. The molecule has 0 amide bonds. The molecule has 0 unspecified atom stereocenters. The Balaban J connectivity index is 1.64. The zero-order chi connectivity index (χ0) is 12.9. The number of ether oxygens (including phenoxy) is 1. The van der Waals surface area contributed by atoms with Crippen molar-refractivity contribution in [1.29, 1.82) is 0 Å². The van der Waals surface area contributed by atoms with Gasteiger partial charge in [0, 0.05) is 25.2 Å². The first-order valence-corrected chi connectivity index (χ1v) is 7.04. The van der Waals surface area contributed by atoms with Crippen molar-refractivity contribution < 1.29 is 4.74 Å². The van der Waals surface area contributed by atoms with Crippen molar-refractivity contribution in [1.82, 2.24) is 15.3 Å². The summed E-state index contributed by atoms with van der Waals surface area (Å²) in [4.78, 5) is 10.9. The van der Waals surface area contributed by atoms with Crippen LogP contribution in [0.4, 0.5) is 11.6 Å². The van der Waals surface area contributed by atoms with Crippen molar-refractivity contribution in [2.45, 2.75) is 18.9 Å². The Labute approximate surface area is 113 Å². The van der Waals surface area contributed by atoms with Gasteiger partial charge in [-0.25, -0.2) is 9.97 Å². The van der Waals surface area contributed by atoms with E-state index in [0.717, 1.165) is 63.9 Å². The number of nitrogens with one attached hydrogen (secondary N) is 2. The molecule has 0 spiro atoms. The summed E-state index contributed by atoms with van der Waals surface area (Å²) in [7, 11) is 0. The minimum Gasteiger partial charge on any atom is -0.378 e. The van der Waals surface area contributed by atoms with Crippen LogP contribution in [-0.2, 0) is 4.74 Å². The van der Waals surface area contributed by atoms with Gasteiger partial charge >= 0.3 is 0 Å². The van der Waals surface area contributed by atoms with E-state index in [1.54, 1.807) is 6.33 Å². The summed E-state index contributed by atoms with van der Waals surface area (Å²) >= 11 is 0. The molecule has 104 valence electrons. The van der Waals surface area contributed by atoms with Crippen LogP contribution >= 0.6 is 0 Å². The number of rotatable bonds is 3. The third-order valence-electron chi connectivity index (χ3n) is 3.68. The van der Waals surface area contributed by atoms with E-state index < -0.39 is 0 Å². The monoisotopic (exact) mass is 263 g/mol. The smallest absolute Gasteiger partial charge is 0.134 e. The molecule has 19 heavy (non-hydrogen) atoms. The van der Waals surface area contributed by atoms with Crippen LogP contribution in [0.5, 0.6) is 0 Å². The number of aromatic nitrogens is 2. The van der Waals surface area contributed by atoms with Gasteiger partial charge < -0.3 is 20.3 Å². The zero-order valence-corrected chi connectivity index (χ0v) is 11.1. The first-order valence-electron chi connectivity index (χ1n) is 7.04. The van der Waals surface area contributed by atoms with Gasteiger partial charge in [0.2, 0.25) is 0 Å². The molecule has 0 bridgehead atoms. The standard InChI is InChI=1S/C13H21N5O/c1-3-14-4-2-11(1)17-12-9-13(16-10-15-12)18-5-7-19-8-6-18/h9-11,14H,1-8H2,(H,15,16,17). The molecule has 2 N–H and O–H groups in total. The maximum absolute atomic E-state index is 5.37. The van der Waals surface area contributed by atoms with Gasteiger partial charge in [0.05, 0.1) is 13.2 Å². The summed E-state index contributed by atoms with van der Waals surface area (Å²) in [6, 6.07) is 2.57. The van der Waals surface area contributed by atoms with Crippen LogP contribution in [0.2, 0.25) is 0 Å². The lowest BCUT2D eigenvalue weighted by molar-refractivity contribution is 0.122. The predicted molar refractivity (Wildman–Crippen MR) is 74.6 cm³/mol. The predicted octanol–water partition coefficient (Wildman–Crippen LogP) is 0.477. The second-order valence-electron chi connectivity index (χ2n) is 5.03. The van der Waals surface area contributed by atoms with Crippen LogP contribution in [0, 0.1) is 0 Å². The molecular formula is C13H21N5O. The molecule has 0 aliphatic carbocycles. The Hall–Kier alpha value is -1.40. The summed E-state index contributed by atoms with van der Waals surface area (Å²) in [5.41, 5.74) is 0. The highest BCUT2D eigenvalue weighted by Gasteiger charge is 2.15. The van der Waals surface area contributed by atoms with Gasteiger partial charge in [0.15, 0.2) is 0 Å². The van der Waals surface area contributed by atoms with Gasteiger partial charge in [-0.3, -0.25) is 0 Å². The van der Waals surface area contributed by atoms with Crippen LogP contribution in [-0.4, -0.2) is 55.4 Å². The van der Waals surface area contributed by atoms with Gasteiger partial charge in [0.25, 0.3) is 0 Å². The van der Waals surface area contributed by atoms with Crippen molar-refractivity contribution in [3.8, 4) is 0 Å². The lowest BCUT2D eigenvalue weighted by Crippen LogP contribution is -2.37. The average Bonchev–Trinajstić information content (AvgIpc) is 2.49. The summed E-state index contributed by atoms with van der Waals surface area (Å²) in [5.74, 6) is 1.93. The number of anilines is 2. The second kappa shape index (κ2) is 6.16. The summed E-state index contributed by atoms with van der Waals surface area (Å²) in [6.07, 6.45) is 3.95. The Morgan fingerprint density at radius 2 is 2.00 bits per heavy atom. The van der Waals surface area contributed by atoms with Gasteiger partial charge in [-0.1, -0.05) is 0 Å². The van der Waals surface area contributed by atoms with Crippen molar-refractivity contribution in [2.24, 2.45) is 0 Å².